The normalized spacial score (nSPS) is 21.3. The Morgan fingerprint density at radius 2 is 1.28 bits per heavy atom. The van der Waals surface area contributed by atoms with E-state index in [9.17, 15) is 48.3 Å². The molecule has 1 saturated heterocycles. The van der Waals surface area contributed by atoms with Crippen LogP contribution in [0.25, 0.3) is 0 Å². The van der Waals surface area contributed by atoms with Gasteiger partial charge < -0.3 is 64.3 Å². The molecule has 0 unspecified atom stereocenters. The van der Waals surface area contributed by atoms with E-state index >= 15 is 0 Å². The third-order valence-corrected chi connectivity index (χ3v) is 10.2. The van der Waals surface area contributed by atoms with Crippen LogP contribution in [-0.4, -0.2) is 126 Å². The summed E-state index contributed by atoms with van der Waals surface area (Å²) in [5.41, 5.74) is 18.3. The zero-order valence-electron chi connectivity index (χ0n) is 37.9. The zero-order chi connectivity index (χ0) is 48.3. The molecule has 2 rings (SSSR count). The number of amides is 8. The SMILES string of the molecule is C.CC(C)C[C@@H]1NC(=O)[C@H](C)NC(=O)[C@H](NC(=O)[C@H](CO)NC(=O)[C@@H](CCCCN)NC(=O)[C@@H](CC(C)C)NC(=O)[C@@H](N)Cc2ccccc2)[C@H](C(N)=O)OC(=O)[C@H](CC(C)C)NC1=O. The fourth-order valence-corrected chi connectivity index (χ4v) is 6.80. The number of nitrogens with two attached hydrogens (primary N) is 3. The Morgan fingerprint density at radius 3 is 1.83 bits per heavy atom. The molecule has 14 N–H and O–H groups in total. The maximum Gasteiger partial charge on any atom is 0.329 e. The summed E-state index contributed by atoms with van der Waals surface area (Å²) >= 11 is 0. The van der Waals surface area contributed by atoms with Crippen LogP contribution >= 0.6 is 0 Å². The largest absolute Gasteiger partial charge is 0.448 e. The smallest absolute Gasteiger partial charge is 0.329 e. The van der Waals surface area contributed by atoms with E-state index in [0.29, 0.717) is 12.8 Å². The minimum Gasteiger partial charge on any atom is -0.448 e. The van der Waals surface area contributed by atoms with Crippen LogP contribution in [0.5, 0.6) is 0 Å². The first kappa shape index (κ1) is 57.3. The highest BCUT2D eigenvalue weighted by atomic mass is 16.6. The van der Waals surface area contributed by atoms with Gasteiger partial charge in [0.05, 0.1) is 12.6 Å². The summed E-state index contributed by atoms with van der Waals surface area (Å²) < 4.78 is 5.45. The van der Waals surface area contributed by atoms with Crippen LogP contribution in [-0.2, 0) is 54.3 Å². The average molecular weight is 919 g/mol. The van der Waals surface area contributed by atoms with Gasteiger partial charge in [0.25, 0.3) is 5.91 Å². The standard InChI is InChI=1S/C43H70N10O11.CH4/c1-22(2)17-29-40(60)51-31(19-24(5)6)43(63)64-34(35(46)55)33(42(62)47-25(7)36(56)49-29)53-41(61)32(21-54)52-38(58)28(15-11-12-16-44)48-39(59)30(18-23(3)4)50-37(57)27(45)20-26-13-9-8-10-14-26;/h8-10,13-14,22-25,27-34,54H,11-12,15-21,44-45H2,1-7H3,(H2,46,55)(H,47,62)(H,48,59)(H,49,56)(H,50,57)(H,51,60)(H,52,58)(H,53,61);1H4/t25-,27-,28+,29-,30+,31-,32-,33+,34+;/m0./s1. The van der Waals surface area contributed by atoms with Crippen LogP contribution < -0.4 is 54.4 Å². The molecule has 1 aliphatic heterocycles. The number of benzene rings is 1. The van der Waals surface area contributed by atoms with Crippen molar-refractivity contribution in [3.63, 3.8) is 0 Å². The molecular formula is C44H74N10O11. The molecule has 0 radical (unpaired) electrons. The van der Waals surface area contributed by atoms with Gasteiger partial charge in [0.2, 0.25) is 47.5 Å². The lowest BCUT2D eigenvalue weighted by Crippen LogP contribution is -2.64. The number of primary amides is 1. The van der Waals surface area contributed by atoms with E-state index in [-0.39, 0.29) is 63.8 Å². The molecular weight excluding hydrogens is 845 g/mol. The minimum atomic E-state index is -2.22. The first-order valence-electron chi connectivity index (χ1n) is 21.8. The van der Waals surface area contributed by atoms with Crippen molar-refractivity contribution in [2.45, 2.75) is 155 Å². The second-order valence-corrected chi connectivity index (χ2v) is 17.4. The molecule has 0 aliphatic carbocycles. The van der Waals surface area contributed by atoms with Gasteiger partial charge in [-0.05, 0) is 81.7 Å². The van der Waals surface area contributed by atoms with Crippen LogP contribution in [0.15, 0.2) is 30.3 Å². The van der Waals surface area contributed by atoms with E-state index < -0.39 is 114 Å². The topological polar surface area (TPSA) is 345 Å². The number of carbonyl (C=O) groups is 9. The zero-order valence-corrected chi connectivity index (χ0v) is 37.9. The van der Waals surface area contributed by atoms with Gasteiger partial charge in [-0.1, -0.05) is 79.3 Å². The molecule has 0 aromatic heterocycles. The predicted molar refractivity (Wildman–Crippen MR) is 241 cm³/mol. The van der Waals surface area contributed by atoms with Gasteiger partial charge >= 0.3 is 5.97 Å². The molecule has 1 aromatic rings. The predicted octanol–water partition coefficient (Wildman–Crippen LogP) is -1.72. The fourth-order valence-electron chi connectivity index (χ4n) is 6.80. The van der Waals surface area contributed by atoms with Gasteiger partial charge in [0.15, 0.2) is 6.04 Å². The lowest BCUT2D eigenvalue weighted by Gasteiger charge is -2.29. The monoisotopic (exact) mass is 919 g/mol. The maximum absolute atomic E-state index is 13.9. The van der Waals surface area contributed by atoms with Crippen LogP contribution in [0.3, 0.4) is 0 Å². The van der Waals surface area contributed by atoms with Crippen molar-refractivity contribution in [3.8, 4) is 0 Å². The highest BCUT2D eigenvalue weighted by Gasteiger charge is 2.42. The van der Waals surface area contributed by atoms with Gasteiger partial charge in [-0.15, -0.1) is 0 Å². The van der Waals surface area contributed by atoms with Gasteiger partial charge in [-0.3, -0.25) is 38.4 Å². The molecule has 21 heteroatoms. The molecule has 9 atom stereocenters. The Hall–Kier alpha value is -5.67. The van der Waals surface area contributed by atoms with E-state index in [1.54, 1.807) is 26.0 Å². The van der Waals surface area contributed by atoms with Crippen LogP contribution in [0, 0.1) is 17.8 Å². The summed E-state index contributed by atoms with van der Waals surface area (Å²) in [6.07, 6.45) is -0.880. The minimum absolute atomic E-state index is 0. The van der Waals surface area contributed by atoms with Gasteiger partial charge in [0.1, 0.15) is 36.3 Å². The lowest BCUT2D eigenvalue weighted by molar-refractivity contribution is -0.162. The Morgan fingerprint density at radius 1 is 0.723 bits per heavy atom. The van der Waals surface area contributed by atoms with Crippen molar-refractivity contribution in [2.24, 2.45) is 35.0 Å². The molecule has 1 aliphatic rings. The van der Waals surface area contributed by atoms with E-state index in [4.69, 9.17) is 21.9 Å². The molecule has 366 valence electrons. The Labute approximate surface area is 382 Å². The molecule has 65 heavy (non-hydrogen) atoms. The number of cyclic esters (lactones) is 1. The summed E-state index contributed by atoms with van der Waals surface area (Å²) in [7, 11) is 0. The quantitative estimate of drug-likeness (QED) is 0.0456. The number of esters is 1. The Kier molecular flexibility index (Phi) is 25.0. The Bertz CT molecular complexity index is 1760. The second kappa shape index (κ2) is 28.3. The molecule has 21 nitrogen and oxygen atoms in total. The van der Waals surface area contributed by atoms with E-state index in [0.717, 1.165) is 5.56 Å². The van der Waals surface area contributed by atoms with Gasteiger partial charge in [0, 0.05) is 0 Å². The average Bonchev–Trinajstić information content (AvgIpc) is 3.22. The molecule has 0 saturated carbocycles. The van der Waals surface area contributed by atoms with Crippen LogP contribution in [0.1, 0.15) is 100.0 Å². The third-order valence-electron chi connectivity index (χ3n) is 10.2. The van der Waals surface area contributed by atoms with Crippen molar-refractivity contribution < 1.29 is 53.0 Å². The second-order valence-electron chi connectivity index (χ2n) is 17.4. The molecule has 1 fully saturated rings. The number of aliphatic hydroxyl groups is 1. The number of unbranched alkanes of at least 4 members (excludes halogenated alkanes) is 1. The van der Waals surface area contributed by atoms with Crippen molar-refractivity contribution >= 4 is 53.2 Å². The third kappa shape index (κ3) is 19.5. The number of hydrogen-bond donors (Lipinski definition) is 11. The first-order valence-corrected chi connectivity index (χ1v) is 21.8. The highest BCUT2D eigenvalue weighted by Crippen LogP contribution is 2.14. The molecule has 1 aromatic carbocycles. The summed E-state index contributed by atoms with van der Waals surface area (Å²) in [5.74, 6) is -9.23. The van der Waals surface area contributed by atoms with Gasteiger partial charge in [-0.25, -0.2) is 4.79 Å². The van der Waals surface area contributed by atoms with Gasteiger partial charge in [-0.2, -0.15) is 0 Å². The van der Waals surface area contributed by atoms with Crippen molar-refractivity contribution in [2.75, 3.05) is 13.2 Å². The number of rotatable bonds is 22. The van der Waals surface area contributed by atoms with Crippen molar-refractivity contribution in [1.82, 2.24) is 37.2 Å². The Balaban J connectivity index is 0.0000211. The molecule has 0 spiro atoms. The van der Waals surface area contributed by atoms with Crippen LogP contribution in [0.4, 0.5) is 0 Å². The molecule has 8 amide bonds. The number of nitrogens with one attached hydrogen (secondary N) is 7. The summed E-state index contributed by atoms with van der Waals surface area (Å²) in [5, 5.41) is 27.7. The van der Waals surface area contributed by atoms with Crippen molar-refractivity contribution in [1.29, 1.82) is 0 Å². The van der Waals surface area contributed by atoms with Crippen LogP contribution in [0.2, 0.25) is 0 Å². The molecule has 0 bridgehead atoms. The highest BCUT2D eigenvalue weighted by molar-refractivity contribution is 6.00. The fraction of sp³-hybridized carbons (Fsp3) is 0.659. The lowest BCUT2D eigenvalue weighted by atomic mass is 10.00. The molecule has 1 heterocycles. The maximum atomic E-state index is 13.9. The number of carbonyl (C=O) groups excluding carboxylic acids is 9. The first-order chi connectivity index (χ1) is 30.1. The number of ether oxygens (including phenoxy) is 1. The van der Waals surface area contributed by atoms with E-state index in [1.165, 1.54) is 6.92 Å². The van der Waals surface area contributed by atoms with Crippen molar-refractivity contribution in [3.05, 3.63) is 35.9 Å². The number of hydrogen-bond acceptors (Lipinski definition) is 13. The van der Waals surface area contributed by atoms with E-state index in [2.05, 4.69) is 37.2 Å². The summed E-state index contributed by atoms with van der Waals surface area (Å²) in [6.45, 7) is 11.3. The number of aliphatic hydroxyl groups excluding tert-OH is 1. The summed E-state index contributed by atoms with van der Waals surface area (Å²) in [6, 6.07) is -2.23. The summed E-state index contributed by atoms with van der Waals surface area (Å²) in [4.78, 5) is 122. The van der Waals surface area contributed by atoms with E-state index in [1.807, 2.05) is 45.9 Å².